The highest BCUT2D eigenvalue weighted by Gasteiger charge is 2.11. The predicted octanol–water partition coefficient (Wildman–Crippen LogP) is 5.83. The molecule has 0 atom stereocenters. The number of fused-ring (bicyclic) bond motifs is 1. The van der Waals surface area contributed by atoms with E-state index < -0.39 is 0 Å². The van der Waals surface area contributed by atoms with E-state index in [1.165, 1.54) is 22.1 Å². The molecular formula is C22H18N2OS. The van der Waals surface area contributed by atoms with Crippen molar-refractivity contribution in [1.82, 2.24) is 4.98 Å². The second kappa shape index (κ2) is 6.73. The summed E-state index contributed by atoms with van der Waals surface area (Å²) in [7, 11) is 0. The zero-order valence-corrected chi connectivity index (χ0v) is 15.4. The average Bonchev–Trinajstić information content (AvgIpc) is 3.09. The maximum atomic E-state index is 12.5. The van der Waals surface area contributed by atoms with Crippen molar-refractivity contribution in [2.24, 2.45) is 0 Å². The maximum Gasteiger partial charge on any atom is 0.257 e. The van der Waals surface area contributed by atoms with Crippen LogP contribution >= 0.6 is 11.3 Å². The molecule has 4 aromatic rings. The van der Waals surface area contributed by atoms with Crippen LogP contribution in [0.1, 0.15) is 21.5 Å². The molecule has 1 aromatic heterocycles. The number of rotatable bonds is 3. The number of thiazole rings is 1. The number of hydrogen-bond donors (Lipinski definition) is 1. The number of aryl methyl sites for hydroxylation is 2. The highest BCUT2D eigenvalue weighted by atomic mass is 32.1. The van der Waals surface area contributed by atoms with Crippen molar-refractivity contribution in [2.75, 3.05) is 5.32 Å². The van der Waals surface area contributed by atoms with Crippen LogP contribution in [0.4, 0.5) is 5.13 Å². The van der Waals surface area contributed by atoms with E-state index in [2.05, 4.69) is 46.7 Å². The fraction of sp³-hybridized carbons (Fsp3) is 0.0909. The molecule has 0 aliphatic heterocycles. The lowest BCUT2D eigenvalue weighted by atomic mass is 10.1. The van der Waals surface area contributed by atoms with Crippen molar-refractivity contribution in [3.63, 3.8) is 0 Å². The third kappa shape index (κ3) is 3.37. The second-order valence-electron chi connectivity index (χ2n) is 6.43. The minimum absolute atomic E-state index is 0.129. The molecule has 3 aromatic carbocycles. The summed E-state index contributed by atoms with van der Waals surface area (Å²) in [6.07, 6.45) is 0. The highest BCUT2D eigenvalue weighted by Crippen LogP contribution is 2.28. The number of carbonyl (C=O) groups excluding carboxylic acids is 1. The summed E-state index contributed by atoms with van der Waals surface area (Å²) < 4.78 is 0. The highest BCUT2D eigenvalue weighted by molar-refractivity contribution is 7.14. The summed E-state index contributed by atoms with van der Waals surface area (Å²) in [6, 6.07) is 20.4. The molecule has 0 saturated carbocycles. The van der Waals surface area contributed by atoms with Gasteiger partial charge >= 0.3 is 0 Å². The van der Waals surface area contributed by atoms with E-state index in [0.717, 1.165) is 22.4 Å². The third-order valence-corrected chi connectivity index (χ3v) is 5.01. The van der Waals surface area contributed by atoms with E-state index in [9.17, 15) is 4.79 Å². The summed E-state index contributed by atoms with van der Waals surface area (Å²) in [5.41, 5.74) is 4.73. The molecule has 0 unspecified atom stereocenters. The molecule has 26 heavy (non-hydrogen) atoms. The lowest BCUT2D eigenvalue weighted by Gasteiger charge is -2.05. The molecule has 0 aliphatic rings. The van der Waals surface area contributed by atoms with Crippen LogP contribution < -0.4 is 5.32 Å². The Balaban J connectivity index is 1.58. The number of nitrogens with zero attached hydrogens (tertiary/aromatic N) is 1. The molecule has 0 saturated heterocycles. The molecule has 0 radical (unpaired) electrons. The average molecular weight is 358 g/mol. The molecule has 3 nitrogen and oxygen atoms in total. The van der Waals surface area contributed by atoms with Crippen LogP contribution in [-0.2, 0) is 0 Å². The Morgan fingerprint density at radius 2 is 1.65 bits per heavy atom. The SMILES string of the molecule is Cc1cc(C)cc(C(=O)Nc2nc(-c3ccc4ccccc4c3)cs2)c1. The van der Waals surface area contributed by atoms with Crippen molar-refractivity contribution in [1.29, 1.82) is 0 Å². The van der Waals surface area contributed by atoms with Gasteiger partial charge in [-0.2, -0.15) is 0 Å². The first-order chi connectivity index (χ1) is 12.6. The molecular weight excluding hydrogens is 340 g/mol. The van der Waals surface area contributed by atoms with Gasteiger partial charge in [-0.1, -0.05) is 53.6 Å². The predicted molar refractivity (Wildman–Crippen MR) is 109 cm³/mol. The summed E-state index contributed by atoms with van der Waals surface area (Å²) in [5, 5.41) is 7.87. The molecule has 0 aliphatic carbocycles. The number of anilines is 1. The van der Waals surface area contributed by atoms with Crippen molar-refractivity contribution >= 4 is 33.1 Å². The molecule has 4 heteroatoms. The Kier molecular flexibility index (Phi) is 4.27. The van der Waals surface area contributed by atoms with E-state index in [0.29, 0.717) is 10.7 Å². The topological polar surface area (TPSA) is 42.0 Å². The van der Waals surface area contributed by atoms with E-state index >= 15 is 0 Å². The maximum absolute atomic E-state index is 12.5. The van der Waals surface area contributed by atoms with Crippen LogP contribution in [0.25, 0.3) is 22.0 Å². The number of aromatic nitrogens is 1. The number of amides is 1. The minimum Gasteiger partial charge on any atom is -0.298 e. The number of benzene rings is 3. The quantitative estimate of drug-likeness (QED) is 0.500. The lowest BCUT2D eigenvalue weighted by molar-refractivity contribution is 0.102. The Bertz CT molecular complexity index is 1090. The molecule has 1 heterocycles. The van der Waals surface area contributed by atoms with E-state index in [4.69, 9.17) is 0 Å². The summed E-state index contributed by atoms with van der Waals surface area (Å²) in [5.74, 6) is -0.129. The Morgan fingerprint density at radius 3 is 2.42 bits per heavy atom. The van der Waals surface area contributed by atoms with Crippen LogP contribution in [0.5, 0.6) is 0 Å². The van der Waals surface area contributed by atoms with Gasteiger partial charge in [0.25, 0.3) is 5.91 Å². The lowest BCUT2D eigenvalue weighted by Crippen LogP contribution is -2.12. The van der Waals surface area contributed by atoms with E-state index in [1.807, 2.05) is 43.5 Å². The van der Waals surface area contributed by atoms with Gasteiger partial charge in [-0.05, 0) is 42.8 Å². The smallest absolute Gasteiger partial charge is 0.257 e. The van der Waals surface area contributed by atoms with Crippen molar-refractivity contribution in [3.05, 3.63) is 82.7 Å². The zero-order chi connectivity index (χ0) is 18.1. The number of carbonyl (C=O) groups is 1. The van der Waals surface area contributed by atoms with Gasteiger partial charge in [-0.25, -0.2) is 4.98 Å². The van der Waals surface area contributed by atoms with Gasteiger partial charge in [-0.3, -0.25) is 10.1 Å². The third-order valence-electron chi connectivity index (χ3n) is 4.25. The normalized spacial score (nSPS) is 10.8. The largest absolute Gasteiger partial charge is 0.298 e. The summed E-state index contributed by atoms with van der Waals surface area (Å²) in [4.78, 5) is 17.1. The van der Waals surface area contributed by atoms with Gasteiger partial charge in [-0.15, -0.1) is 11.3 Å². The Hall–Kier alpha value is -2.98. The Labute approximate surface area is 156 Å². The summed E-state index contributed by atoms with van der Waals surface area (Å²) >= 11 is 1.44. The van der Waals surface area contributed by atoms with Gasteiger partial charge < -0.3 is 0 Å². The van der Waals surface area contributed by atoms with Crippen LogP contribution in [0, 0.1) is 13.8 Å². The fourth-order valence-corrected chi connectivity index (χ4v) is 3.80. The molecule has 128 valence electrons. The van der Waals surface area contributed by atoms with Crippen LogP contribution in [0.3, 0.4) is 0 Å². The van der Waals surface area contributed by atoms with Gasteiger partial charge in [0, 0.05) is 16.5 Å². The first-order valence-electron chi connectivity index (χ1n) is 8.43. The number of nitrogens with one attached hydrogen (secondary N) is 1. The zero-order valence-electron chi connectivity index (χ0n) is 14.6. The van der Waals surface area contributed by atoms with Crippen molar-refractivity contribution < 1.29 is 4.79 Å². The van der Waals surface area contributed by atoms with Gasteiger partial charge in [0.2, 0.25) is 0 Å². The molecule has 1 amide bonds. The van der Waals surface area contributed by atoms with E-state index in [1.54, 1.807) is 0 Å². The van der Waals surface area contributed by atoms with Gasteiger partial charge in [0.1, 0.15) is 0 Å². The molecule has 0 spiro atoms. The van der Waals surface area contributed by atoms with Gasteiger partial charge in [0.05, 0.1) is 5.69 Å². The first kappa shape index (κ1) is 16.5. The standard InChI is InChI=1S/C22H18N2OS/c1-14-9-15(2)11-19(10-14)21(25)24-22-23-20(13-26-22)18-8-7-16-5-3-4-6-17(16)12-18/h3-13H,1-2H3,(H,23,24,25). The first-order valence-corrected chi connectivity index (χ1v) is 9.31. The van der Waals surface area contributed by atoms with Gasteiger partial charge in [0.15, 0.2) is 5.13 Å². The molecule has 0 bridgehead atoms. The monoisotopic (exact) mass is 358 g/mol. The molecule has 4 rings (SSSR count). The molecule has 0 fully saturated rings. The fourth-order valence-electron chi connectivity index (χ4n) is 3.09. The van der Waals surface area contributed by atoms with Crippen LogP contribution in [-0.4, -0.2) is 10.9 Å². The Morgan fingerprint density at radius 1 is 0.923 bits per heavy atom. The van der Waals surface area contributed by atoms with Crippen LogP contribution in [0.2, 0.25) is 0 Å². The number of hydrogen-bond acceptors (Lipinski definition) is 3. The molecule has 1 N–H and O–H groups in total. The summed E-state index contributed by atoms with van der Waals surface area (Å²) in [6.45, 7) is 3.98. The van der Waals surface area contributed by atoms with E-state index in [-0.39, 0.29) is 5.91 Å². The van der Waals surface area contributed by atoms with Crippen LogP contribution in [0.15, 0.2) is 66.0 Å². The van der Waals surface area contributed by atoms with Crippen molar-refractivity contribution in [3.8, 4) is 11.3 Å². The minimum atomic E-state index is -0.129. The van der Waals surface area contributed by atoms with Crippen molar-refractivity contribution in [2.45, 2.75) is 13.8 Å². The second-order valence-corrected chi connectivity index (χ2v) is 7.29.